The van der Waals surface area contributed by atoms with E-state index in [0.29, 0.717) is 0 Å². The molecule has 0 saturated carbocycles. The average molecular weight is 230 g/mol. The summed E-state index contributed by atoms with van der Waals surface area (Å²) in [5.41, 5.74) is 4.32. The van der Waals surface area contributed by atoms with Gasteiger partial charge in [-0.1, -0.05) is 24.3 Å². The van der Waals surface area contributed by atoms with Gasteiger partial charge in [0.25, 0.3) is 0 Å². The lowest BCUT2D eigenvalue weighted by atomic mass is 9.90. The first-order valence-corrected chi connectivity index (χ1v) is 6.26. The molecule has 2 nitrogen and oxygen atoms in total. The van der Waals surface area contributed by atoms with Gasteiger partial charge in [-0.15, -0.1) is 0 Å². The number of carboxylic acid groups (broad SMARTS) is 1. The molecule has 0 aromatic heterocycles. The average Bonchev–Trinajstić information content (AvgIpc) is 2.34. The highest BCUT2D eigenvalue weighted by Crippen LogP contribution is 2.22. The SMILES string of the molecule is O=C(O)/C=C/CCc1ccc2c(c1)CCCC2. The van der Waals surface area contributed by atoms with Crippen molar-refractivity contribution >= 4 is 5.97 Å². The Bertz CT molecular complexity index is 433. The molecule has 1 aromatic carbocycles. The smallest absolute Gasteiger partial charge is 0.327 e. The molecule has 2 rings (SSSR count). The highest BCUT2D eigenvalue weighted by molar-refractivity contribution is 5.79. The minimum absolute atomic E-state index is 0.797. The van der Waals surface area contributed by atoms with Gasteiger partial charge in [0.05, 0.1) is 0 Å². The van der Waals surface area contributed by atoms with Crippen LogP contribution >= 0.6 is 0 Å². The van der Waals surface area contributed by atoms with E-state index in [9.17, 15) is 4.79 Å². The van der Waals surface area contributed by atoms with E-state index < -0.39 is 5.97 Å². The molecule has 0 heterocycles. The van der Waals surface area contributed by atoms with Gasteiger partial charge in [0.15, 0.2) is 0 Å². The Balaban J connectivity index is 1.95. The van der Waals surface area contributed by atoms with E-state index in [0.717, 1.165) is 12.8 Å². The van der Waals surface area contributed by atoms with Crippen molar-refractivity contribution < 1.29 is 9.90 Å². The van der Waals surface area contributed by atoms with Crippen molar-refractivity contribution in [2.45, 2.75) is 38.5 Å². The summed E-state index contributed by atoms with van der Waals surface area (Å²) < 4.78 is 0. The molecule has 0 bridgehead atoms. The molecule has 0 atom stereocenters. The normalized spacial score (nSPS) is 14.8. The Morgan fingerprint density at radius 3 is 2.76 bits per heavy atom. The van der Waals surface area contributed by atoms with Gasteiger partial charge >= 0.3 is 5.97 Å². The first-order chi connectivity index (χ1) is 8.25. The van der Waals surface area contributed by atoms with Crippen LogP contribution in [0.15, 0.2) is 30.4 Å². The number of benzene rings is 1. The summed E-state index contributed by atoms with van der Waals surface area (Å²) in [6.07, 6.45) is 9.70. The summed E-state index contributed by atoms with van der Waals surface area (Å²) in [5, 5.41) is 8.48. The monoisotopic (exact) mass is 230 g/mol. The van der Waals surface area contributed by atoms with Crippen LogP contribution in [-0.4, -0.2) is 11.1 Å². The fraction of sp³-hybridized carbons (Fsp3) is 0.400. The minimum atomic E-state index is -0.865. The van der Waals surface area contributed by atoms with Crippen molar-refractivity contribution in [2.24, 2.45) is 0 Å². The molecule has 0 aliphatic heterocycles. The number of rotatable bonds is 4. The molecule has 0 radical (unpaired) electrons. The summed E-state index contributed by atoms with van der Waals surface area (Å²) in [5.74, 6) is -0.865. The van der Waals surface area contributed by atoms with E-state index in [1.54, 1.807) is 6.08 Å². The third-order valence-electron chi connectivity index (χ3n) is 3.27. The lowest BCUT2D eigenvalue weighted by Gasteiger charge is -2.16. The van der Waals surface area contributed by atoms with E-state index in [-0.39, 0.29) is 0 Å². The molecule has 90 valence electrons. The first kappa shape index (κ1) is 11.9. The summed E-state index contributed by atoms with van der Waals surface area (Å²) in [4.78, 5) is 10.3. The topological polar surface area (TPSA) is 37.3 Å². The van der Waals surface area contributed by atoms with Gasteiger partial charge in [0, 0.05) is 6.08 Å². The van der Waals surface area contributed by atoms with E-state index in [1.807, 2.05) is 0 Å². The molecule has 1 N–H and O–H groups in total. The molecule has 1 aromatic rings. The van der Waals surface area contributed by atoms with Gasteiger partial charge < -0.3 is 5.11 Å². The molecule has 1 aliphatic rings. The van der Waals surface area contributed by atoms with Crippen LogP contribution in [0.25, 0.3) is 0 Å². The number of carboxylic acids is 1. The number of hydrogen-bond donors (Lipinski definition) is 1. The van der Waals surface area contributed by atoms with Crippen molar-refractivity contribution in [3.8, 4) is 0 Å². The Morgan fingerprint density at radius 2 is 2.00 bits per heavy atom. The zero-order chi connectivity index (χ0) is 12.1. The van der Waals surface area contributed by atoms with E-state index >= 15 is 0 Å². The Kier molecular flexibility index (Phi) is 3.97. The minimum Gasteiger partial charge on any atom is -0.478 e. The molecular weight excluding hydrogens is 212 g/mol. The predicted octanol–water partition coefficient (Wildman–Crippen LogP) is 3.14. The Labute approximate surface area is 102 Å². The van der Waals surface area contributed by atoms with Crippen LogP contribution in [0.3, 0.4) is 0 Å². The third kappa shape index (κ3) is 3.45. The molecular formula is C15H18O2. The van der Waals surface area contributed by atoms with Crippen LogP contribution in [-0.2, 0) is 24.1 Å². The molecule has 0 amide bonds. The van der Waals surface area contributed by atoms with E-state index in [4.69, 9.17) is 5.11 Å². The Hall–Kier alpha value is -1.57. The summed E-state index contributed by atoms with van der Waals surface area (Å²) >= 11 is 0. The number of fused-ring (bicyclic) bond motifs is 1. The quantitative estimate of drug-likeness (QED) is 0.807. The van der Waals surface area contributed by atoms with Crippen LogP contribution in [0.5, 0.6) is 0 Å². The summed E-state index contributed by atoms with van der Waals surface area (Å²) in [6, 6.07) is 6.71. The fourth-order valence-electron chi connectivity index (χ4n) is 2.38. The van der Waals surface area contributed by atoms with Crippen molar-refractivity contribution in [2.75, 3.05) is 0 Å². The van der Waals surface area contributed by atoms with E-state index in [1.165, 1.54) is 48.4 Å². The van der Waals surface area contributed by atoms with Gasteiger partial charge in [-0.25, -0.2) is 4.79 Å². The maximum atomic E-state index is 10.3. The lowest BCUT2D eigenvalue weighted by Crippen LogP contribution is -2.03. The molecule has 0 saturated heterocycles. The number of aryl methyl sites for hydroxylation is 3. The third-order valence-corrected chi connectivity index (χ3v) is 3.27. The van der Waals surface area contributed by atoms with Crippen LogP contribution in [0.2, 0.25) is 0 Å². The van der Waals surface area contributed by atoms with Crippen molar-refractivity contribution in [1.29, 1.82) is 0 Å². The van der Waals surface area contributed by atoms with Crippen molar-refractivity contribution in [3.05, 3.63) is 47.0 Å². The maximum Gasteiger partial charge on any atom is 0.327 e. The second-order valence-electron chi connectivity index (χ2n) is 4.59. The second kappa shape index (κ2) is 5.67. The Morgan fingerprint density at radius 1 is 1.24 bits per heavy atom. The standard InChI is InChI=1S/C15H18O2/c16-15(17)8-4-1-5-12-9-10-13-6-2-3-7-14(13)11-12/h4,8-11H,1-3,5-7H2,(H,16,17)/b8-4+. The lowest BCUT2D eigenvalue weighted by molar-refractivity contribution is -0.131. The number of aliphatic carboxylic acids is 1. The molecule has 0 fully saturated rings. The molecule has 0 spiro atoms. The maximum absolute atomic E-state index is 10.3. The highest BCUT2D eigenvalue weighted by atomic mass is 16.4. The van der Waals surface area contributed by atoms with Gasteiger partial charge in [-0.05, 0) is 55.2 Å². The number of carbonyl (C=O) groups is 1. The zero-order valence-electron chi connectivity index (χ0n) is 9.98. The molecule has 2 heteroatoms. The number of allylic oxidation sites excluding steroid dienone is 1. The van der Waals surface area contributed by atoms with Gasteiger partial charge in [-0.2, -0.15) is 0 Å². The fourth-order valence-corrected chi connectivity index (χ4v) is 2.38. The van der Waals surface area contributed by atoms with Crippen LogP contribution in [0, 0.1) is 0 Å². The summed E-state index contributed by atoms with van der Waals surface area (Å²) in [6.45, 7) is 0. The second-order valence-corrected chi connectivity index (χ2v) is 4.59. The molecule has 1 aliphatic carbocycles. The highest BCUT2D eigenvalue weighted by Gasteiger charge is 2.08. The molecule has 0 unspecified atom stereocenters. The first-order valence-electron chi connectivity index (χ1n) is 6.26. The van der Waals surface area contributed by atoms with E-state index in [2.05, 4.69) is 18.2 Å². The number of hydrogen-bond acceptors (Lipinski definition) is 1. The largest absolute Gasteiger partial charge is 0.478 e. The van der Waals surface area contributed by atoms with Crippen LogP contribution in [0.4, 0.5) is 0 Å². The van der Waals surface area contributed by atoms with Gasteiger partial charge in [0.2, 0.25) is 0 Å². The van der Waals surface area contributed by atoms with Gasteiger partial charge in [-0.3, -0.25) is 0 Å². The van der Waals surface area contributed by atoms with Crippen molar-refractivity contribution in [3.63, 3.8) is 0 Å². The van der Waals surface area contributed by atoms with Crippen LogP contribution < -0.4 is 0 Å². The molecule has 17 heavy (non-hydrogen) atoms. The van der Waals surface area contributed by atoms with Crippen molar-refractivity contribution in [1.82, 2.24) is 0 Å². The predicted molar refractivity (Wildman–Crippen MR) is 68.2 cm³/mol. The summed E-state index contributed by atoms with van der Waals surface area (Å²) in [7, 11) is 0. The zero-order valence-corrected chi connectivity index (χ0v) is 9.98. The van der Waals surface area contributed by atoms with Gasteiger partial charge in [0.1, 0.15) is 0 Å². The van der Waals surface area contributed by atoms with Crippen LogP contribution in [0.1, 0.15) is 36.0 Å².